The van der Waals surface area contributed by atoms with Crippen LogP contribution in [0, 0.1) is 19.3 Å². The van der Waals surface area contributed by atoms with Crippen molar-refractivity contribution in [1.29, 1.82) is 0 Å². The fourth-order valence-corrected chi connectivity index (χ4v) is 6.91. The van der Waals surface area contributed by atoms with Crippen LogP contribution in [0.1, 0.15) is 65.7 Å². The van der Waals surface area contributed by atoms with Gasteiger partial charge in [0.15, 0.2) is 15.7 Å². The molecule has 0 spiro atoms. The van der Waals surface area contributed by atoms with Gasteiger partial charge in [-0.05, 0) is 27.7 Å². The Balaban J connectivity index is 1.58. The van der Waals surface area contributed by atoms with Crippen molar-refractivity contribution >= 4 is 43.9 Å². The first-order valence-corrected chi connectivity index (χ1v) is 15.8. The summed E-state index contributed by atoms with van der Waals surface area (Å²) in [6.45, 7) is 18.1. The fourth-order valence-electron chi connectivity index (χ4n) is 5.40. The number of hydrogen-bond donors (Lipinski definition) is 2. The van der Waals surface area contributed by atoms with Crippen molar-refractivity contribution in [3.63, 3.8) is 0 Å². The van der Waals surface area contributed by atoms with E-state index < -0.39 is 9.84 Å². The summed E-state index contributed by atoms with van der Waals surface area (Å²) < 4.78 is 33.5. The van der Waals surface area contributed by atoms with Crippen LogP contribution >= 0.6 is 11.5 Å². The molecule has 0 aliphatic heterocycles. The number of aromatic amines is 1. The molecule has 1 unspecified atom stereocenters. The lowest BCUT2D eigenvalue weighted by molar-refractivity contribution is 0.422. The van der Waals surface area contributed by atoms with E-state index in [0.29, 0.717) is 28.8 Å². The van der Waals surface area contributed by atoms with Gasteiger partial charge in [-0.15, -0.1) is 20.4 Å². The summed E-state index contributed by atoms with van der Waals surface area (Å²) in [5, 5.41) is 28.9. The van der Waals surface area contributed by atoms with Crippen LogP contribution in [0.15, 0.2) is 38.4 Å². The minimum Gasteiger partial charge on any atom is -0.346 e. The number of anilines is 1. The summed E-state index contributed by atoms with van der Waals surface area (Å²) in [6.07, 6.45) is 5.50. The van der Waals surface area contributed by atoms with E-state index in [1.165, 1.54) is 15.8 Å². The molecule has 15 heteroatoms. The van der Waals surface area contributed by atoms with Gasteiger partial charge < -0.3 is 5.32 Å². The molecule has 4 aromatic rings. The molecule has 2 N–H and O–H groups in total. The third-order valence-corrected chi connectivity index (χ3v) is 8.81. The van der Waals surface area contributed by atoms with Crippen LogP contribution in [-0.2, 0) is 15.3 Å². The van der Waals surface area contributed by atoms with Gasteiger partial charge in [-0.2, -0.15) is 14.5 Å². The predicted octanol–water partition coefficient (Wildman–Crippen LogP) is 5.54. The number of azo groups is 1. The maximum atomic E-state index is 12.9. The fraction of sp³-hybridized carbons (Fsp3) is 0.500. The molecule has 0 bridgehead atoms. The number of H-pyrrole nitrogens is 1. The second-order valence-corrected chi connectivity index (χ2v) is 14.9. The number of aromatic nitrogens is 8. The molecule has 41 heavy (non-hydrogen) atoms. The zero-order valence-corrected chi connectivity index (χ0v) is 26.5. The van der Waals surface area contributed by atoms with E-state index in [0.717, 1.165) is 23.5 Å². The first kappa shape index (κ1) is 28.8. The topological polar surface area (TPSA) is 160 Å². The van der Waals surface area contributed by atoms with Crippen LogP contribution in [0.2, 0.25) is 0 Å². The highest BCUT2D eigenvalue weighted by atomic mass is 32.2. The lowest BCUT2D eigenvalue weighted by Crippen LogP contribution is -2.38. The maximum absolute atomic E-state index is 12.9. The number of nitrogens with one attached hydrogen (secondary N) is 2. The Morgan fingerprint density at radius 1 is 1.12 bits per heavy atom. The summed E-state index contributed by atoms with van der Waals surface area (Å²) in [6, 6.07) is 0.00457. The van der Waals surface area contributed by atoms with E-state index in [2.05, 4.69) is 85.1 Å². The van der Waals surface area contributed by atoms with Crippen LogP contribution in [-0.4, -0.2) is 59.7 Å². The molecule has 0 radical (unpaired) electrons. The molecule has 4 aromatic heterocycles. The largest absolute Gasteiger partial charge is 0.346 e. The average molecular weight is 598 g/mol. The number of sulfone groups is 1. The van der Waals surface area contributed by atoms with E-state index in [1.54, 1.807) is 11.4 Å². The normalized spacial score (nSPS) is 17.9. The summed E-state index contributed by atoms with van der Waals surface area (Å²) >= 11 is 1.07. The van der Waals surface area contributed by atoms with Gasteiger partial charge in [0.2, 0.25) is 11.6 Å². The minimum absolute atomic E-state index is 0.00457. The number of aryl methyl sites for hydroxylation is 2. The van der Waals surface area contributed by atoms with Gasteiger partial charge in [-0.25, -0.2) is 17.6 Å². The molecular formula is C26H35N11O2S2. The highest BCUT2D eigenvalue weighted by Crippen LogP contribution is 2.38. The van der Waals surface area contributed by atoms with Crippen molar-refractivity contribution in [3.8, 4) is 5.69 Å². The molecule has 1 atom stereocenters. The van der Waals surface area contributed by atoms with E-state index in [9.17, 15) is 8.42 Å². The van der Waals surface area contributed by atoms with Gasteiger partial charge in [-0.3, -0.25) is 5.10 Å². The van der Waals surface area contributed by atoms with Crippen molar-refractivity contribution in [1.82, 2.24) is 38.9 Å². The zero-order chi connectivity index (χ0) is 30.1. The van der Waals surface area contributed by atoms with E-state index in [4.69, 9.17) is 0 Å². The molecule has 1 aliphatic carbocycles. The van der Waals surface area contributed by atoms with Crippen LogP contribution < -0.4 is 5.32 Å². The Bertz CT molecular complexity index is 1860. The first-order valence-electron chi connectivity index (χ1n) is 13.1. The van der Waals surface area contributed by atoms with Crippen molar-refractivity contribution in [2.75, 3.05) is 11.6 Å². The molecular weight excluding hydrogens is 562 g/mol. The Kier molecular flexibility index (Phi) is 6.80. The molecule has 5 rings (SSSR count). The van der Waals surface area contributed by atoms with Gasteiger partial charge >= 0.3 is 0 Å². The molecule has 0 amide bonds. The standard InChI is InChI=1S/C26H35N11O2S2/c1-13-11-14(2)19(26(8,9)12-13)27-23-28-24(40-35-23)32-31-22-18(41(10,38)39)15(3)33-37(22)17-20(25(5,6)7)34-36-16(4)29-30-21(17)36/h11-12,19,34H,1-10H3,(H,27,35). The number of nitrogens with zero attached hydrogens (tertiary/aromatic N) is 9. The van der Waals surface area contributed by atoms with Crippen molar-refractivity contribution in [2.24, 2.45) is 15.6 Å². The van der Waals surface area contributed by atoms with Gasteiger partial charge in [-0.1, -0.05) is 57.9 Å². The van der Waals surface area contributed by atoms with Crippen LogP contribution in [0.4, 0.5) is 16.9 Å². The van der Waals surface area contributed by atoms with Crippen LogP contribution in [0.5, 0.6) is 0 Å². The van der Waals surface area contributed by atoms with Crippen molar-refractivity contribution in [3.05, 3.63) is 40.5 Å². The Labute approximate surface area is 243 Å². The van der Waals surface area contributed by atoms with Gasteiger partial charge in [0.25, 0.3) is 5.13 Å². The molecule has 218 valence electrons. The van der Waals surface area contributed by atoms with Crippen LogP contribution in [0.3, 0.4) is 0 Å². The number of allylic oxidation sites excluding steroid dienone is 2. The van der Waals surface area contributed by atoms with Crippen LogP contribution in [0.25, 0.3) is 11.3 Å². The molecule has 1 aliphatic rings. The van der Waals surface area contributed by atoms with Crippen molar-refractivity contribution in [2.45, 2.75) is 78.7 Å². The minimum atomic E-state index is -3.72. The first-order chi connectivity index (χ1) is 19.0. The number of rotatable bonds is 6. The SMILES string of the molecule is CC1=CC(C)(C)C(Nc2nsc(N=Nc3c(S(C)(=O)=O)c(C)nn3-c3c(C(C)(C)C)[nH]n4c(C)nnc34)n2)C(C)=C1. The monoisotopic (exact) mass is 597 g/mol. The molecule has 0 saturated heterocycles. The third-order valence-electron chi connectivity index (χ3n) is 6.99. The summed E-state index contributed by atoms with van der Waals surface area (Å²) in [4.78, 5) is 4.49. The number of hydrogen-bond acceptors (Lipinski definition) is 11. The highest BCUT2D eigenvalue weighted by molar-refractivity contribution is 7.91. The Morgan fingerprint density at radius 2 is 1.83 bits per heavy atom. The summed E-state index contributed by atoms with van der Waals surface area (Å²) in [5.41, 5.74) is 4.02. The van der Waals surface area contributed by atoms with Gasteiger partial charge in [0.05, 0.1) is 17.4 Å². The third kappa shape index (κ3) is 5.23. The smallest absolute Gasteiger partial charge is 0.251 e. The zero-order valence-electron chi connectivity index (χ0n) is 24.9. The molecule has 0 saturated carbocycles. The summed E-state index contributed by atoms with van der Waals surface area (Å²) in [7, 11) is -3.72. The average Bonchev–Trinajstić information content (AvgIpc) is 3.57. The van der Waals surface area contributed by atoms with E-state index in [-0.39, 0.29) is 32.7 Å². The lowest BCUT2D eigenvalue weighted by Gasteiger charge is -2.36. The van der Waals surface area contributed by atoms with Gasteiger partial charge in [0, 0.05) is 28.6 Å². The quantitative estimate of drug-likeness (QED) is 0.274. The second-order valence-electron chi connectivity index (χ2n) is 12.2. The Morgan fingerprint density at radius 3 is 2.46 bits per heavy atom. The summed E-state index contributed by atoms with van der Waals surface area (Å²) in [5.74, 6) is 1.13. The highest BCUT2D eigenvalue weighted by Gasteiger charge is 2.33. The second kappa shape index (κ2) is 9.69. The van der Waals surface area contributed by atoms with E-state index in [1.807, 2.05) is 27.7 Å². The van der Waals surface area contributed by atoms with Crippen molar-refractivity contribution < 1.29 is 8.42 Å². The predicted molar refractivity (Wildman–Crippen MR) is 159 cm³/mol. The molecule has 13 nitrogen and oxygen atoms in total. The van der Waals surface area contributed by atoms with E-state index >= 15 is 0 Å². The van der Waals surface area contributed by atoms with Gasteiger partial charge in [0.1, 0.15) is 16.4 Å². The lowest BCUT2D eigenvalue weighted by atomic mass is 9.75. The maximum Gasteiger partial charge on any atom is 0.251 e. The molecule has 0 fully saturated rings. The molecule has 4 heterocycles. The molecule has 0 aromatic carbocycles. The number of fused-ring (bicyclic) bond motifs is 1. The Hall–Kier alpha value is -3.72.